The highest BCUT2D eigenvalue weighted by Crippen LogP contribution is 2.35. The van der Waals surface area contributed by atoms with Crippen LogP contribution < -0.4 is 0 Å². The van der Waals surface area contributed by atoms with E-state index in [1.807, 2.05) is 0 Å². The molecule has 0 N–H and O–H groups in total. The summed E-state index contributed by atoms with van der Waals surface area (Å²) in [5.41, 5.74) is 2.00. The molecule has 0 atom stereocenters. The van der Waals surface area contributed by atoms with E-state index in [-0.39, 0.29) is 17.0 Å². The van der Waals surface area contributed by atoms with Gasteiger partial charge in [-0.15, -0.1) is 0 Å². The monoisotopic (exact) mass is 310 g/mol. The molecular weight excluding hydrogens is 295 g/mol. The summed E-state index contributed by atoms with van der Waals surface area (Å²) in [5.74, 6) is -0.0658. The molecule has 1 nitrogen and oxygen atoms in total. The highest BCUT2D eigenvalue weighted by molar-refractivity contribution is 9.10. The molecule has 1 aromatic carbocycles. The van der Waals surface area contributed by atoms with Crippen LogP contribution in [0, 0.1) is 11.2 Å². The van der Waals surface area contributed by atoms with Crippen LogP contribution in [0.5, 0.6) is 0 Å². The van der Waals surface area contributed by atoms with Gasteiger partial charge in [-0.3, -0.25) is 4.79 Å². The first-order valence-corrected chi connectivity index (χ1v) is 6.81. The molecule has 1 aromatic rings. The van der Waals surface area contributed by atoms with Gasteiger partial charge in [0.2, 0.25) is 0 Å². The van der Waals surface area contributed by atoms with Gasteiger partial charge < -0.3 is 0 Å². The first kappa shape index (κ1) is 13.5. The predicted octanol–water partition coefficient (Wildman–Crippen LogP) is 4.45. The maximum atomic E-state index is 13.2. The third-order valence-electron chi connectivity index (χ3n) is 3.15. The standard InChI is InChI=1S/C15H16BrFO/c1-15(2)8-10(6-13(18)9-15)5-11-7-12(17)3-4-14(11)16/h3-4,6-7H,5,8-9H2,1-2H3. The van der Waals surface area contributed by atoms with E-state index >= 15 is 0 Å². The Kier molecular flexibility index (Phi) is 3.71. The van der Waals surface area contributed by atoms with Gasteiger partial charge in [0, 0.05) is 10.9 Å². The Morgan fingerprint density at radius 2 is 2.06 bits per heavy atom. The number of ketones is 1. The molecule has 18 heavy (non-hydrogen) atoms. The smallest absolute Gasteiger partial charge is 0.156 e. The molecule has 0 saturated heterocycles. The quantitative estimate of drug-likeness (QED) is 0.789. The van der Waals surface area contributed by atoms with Crippen molar-refractivity contribution < 1.29 is 9.18 Å². The number of carbonyl (C=O) groups excluding carboxylic acids is 1. The van der Waals surface area contributed by atoms with Gasteiger partial charge in [0.25, 0.3) is 0 Å². The van der Waals surface area contributed by atoms with Crippen LogP contribution in [0.25, 0.3) is 0 Å². The zero-order valence-electron chi connectivity index (χ0n) is 10.6. The number of allylic oxidation sites excluding steroid dienone is 2. The molecule has 0 amide bonds. The maximum absolute atomic E-state index is 13.2. The van der Waals surface area contributed by atoms with E-state index in [4.69, 9.17) is 0 Å². The molecule has 1 aliphatic carbocycles. The second-order valence-electron chi connectivity index (χ2n) is 5.70. The van der Waals surface area contributed by atoms with Gasteiger partial charge in [-0.2, -0.15) is 0 Å². The molecule has 0 fully saturated rings. The minimum absolute atomic E-state index is 0.0148. The topological polar surface area (TPSA) is 17.1 Å². The molecule has 0 spiro atoms. The van der Waals surface area contributed by atoms with Crippen LogP contribution in [0.1, 0.15) is 32.3 Å². The Morgan fingerprint density at radius 3 is 2.72 bits per heavy atom. The van der Waals surface area contributed by atoms with Crippen molar-refractivity contribution >= 4 is 21.7 Å². The van der Waals surface area contributed by atoms with E-state index in [1.165, 1.54) is 12.1 Å². The first-order valence-electron chi connectivity index (χ1n) is 6.02. The van der Waals surface area contributed by atoms with Crippen molar-refractivity contribution in [1.29, 1.82) is 0 Å². The zero-order valence-corrected chi connectivity index (χ0v) is 12.2. The molecule has 3 heteroatoms. The Morgan fingerprint density at radius 1 is 1.33 bits per heavy atom. The highest BCUT2D eigenvalue weighted by atomic mass is 79.9. The summed E-state index contributed by atoms with van der Waals surface area (Å²) in [7, 11) is 0. The normalized spacial score (nSPS) is 18.7. The van der Waals surface area contributed by atoms with Crippen LogP contribution >= 0.6 is 15.9 Å². The van der Waals surface area contributed by atoms with Gasteiger partial charge in [-0.25, -0.2) is 4.39 Å². The summed E-state index contributed by atoms with van der Waals surface area (Å²) in [5, 5.41) is 0. The Labute approximate surface area is 115 Å². The Balaban J connectivity index is 2.24. The lowest BCUT2D eigenvalue weighted by molar-refractivity contribution is -0.117. The SMILES string of the molecule is CC1(C)CC(=O)C=C(Cc2cc(F)ccc2Br)C1. The average Bonchev–Trinajstić information content (AvgIpc) is 2.20. The Hall–Kier alpha value is -0.960. The molecule has 0 aliphatic heterocycles. The van der Waals surface area contributed by atoms with E-state index in [1.54, 1.807) is 12.1 Å². The lowest BCUT2D eigenvalue weighted by Crippen LogP contribution is -2.22. The van der Waals surface area contributed by atoms with Crippen LogP contribution in [-0.4, -0.2) is 5.78 Å². The van der Waals surface area contributed by atoms with Gasteiger partial charge in [0.1, 0.15) is 5.82 Å². The van der Waals surface area contributed by atoms with Gasteiger partial charge in [-0.1, -0.05) is 35.4 Å². The van der Waals surface area contributed by atoms with Crippen molar-refractivity contribution in [1.82, 2.24) is 0 Å². The number of hydrogen-bond acceptors (Lipinski definition) is 1. The average molecular weight is 311 g/mol. The summed E-state index contributed by atoms with van der Waals surface area (Å²) >= 11 is 3.42. The van der Waals surface area contributed by atoms with Crippen LogP contribution in [0.4, 0.5) is 4.39 Å². The Bertz CT molecular complexity index is 517. The molecule has 0 unspecified atom stereocenters. The lowest BCUT2D eigenvalue weighted by atomic mass is 9.75. The van der Waals surface area contributed by atoms with Gasteiger partial charge in [0.05, 0.1) is 0 Å². The van der Waals surface area contributed by atoms with Crippen molar-refractivity contribution in [3.05, 3.63) is 45.7 Å². The fourth-order valence-corrected chi connectivity index (χ4v) is 2.90. The molecular formula is C15H16BrFO. The van der Waals surface area contributed by atoms with Crippen molar-refractivity contribution in [3.8, 4) is 0 Å². The molecule has 0 bridgehead atoms. The zero-order chi connectivity index (χ0) is 13.3. The molecule has 0 saturated carbocycles. The fourth-order valence-electron chi connectivity index (χ4n) is 2.52. The largest absolute Gasteiger partial charge is 0.295 e. The van der Waals surface area contributed by atoms with Crippen molar-refractivity contribution in [3.63, 3.8) is 0 Å². The number of hydrogen-bond donors (Lipinski definition) is 0. The number of rotatable bonds is 2. The van der Waals surface area contributed by atoms with Gasteiger partial charge >= 0.3 is 0 Å². The molecule has 0 radical (unpaired) electrons. The summed E-state index contributed by atoms with van der Waals surface area (Å²) in [6, 6.07) is 4.66. The molecule has 1 aliphatic rings. The highest BCUT2D eigenvalue weighted by Gasteiger charge is 2.27. The summed E-state index contributed by atoms with van der Waals surface area (Å²) in [6.45, 7) is 4.19. The molecule has 0 heterocycles. The summed E-state index contributed by atoms with van der Waals surface area (Å²) in [4.78, 5) is 11.7. The lowest BCUT2D eigenvalue weighted by Gasteiger charge is -2.29. The van der Waals surface area contributed by atoms with Crippen LogP contribution in [-0.2, 0) is 11.2 Å². The molecule has 0 aromatic heterocycles. The van der Waals surface area contributed by atoms with Gasteiger partial charge in [-0.05, 0) is 48.1 Å². The van der Waals surface area contributed by atoms with Crippen molar-refractivity contribution in [2.45, 2.75) is 33.1 Å². The van der Waals surface area contributed by atoms with Crippen LogP contribution in [0.2, 0.25) is 0 Å². The van der Waals surface area contributed by atoms with Crippen LogP contribution in [0.15, 0.2) is 34.3 Å². The summed E-state index contributed by atoms with van der Waals surface area (Å²) in [6.07, 6.45) is 3.85. The minimum Gasteiger partial charge on any atom is -0.295 e. The van der Waals surface area contributed by atoms with Crippen LogP contribution in [0.3, 0.4) is 0 Å². The number of carbonyl (C=O) groups is 1. The van der Waals surface area contributed by atoms with Crippen molar-refractivity contribution in [2.75, 3.05) is 0 Å². The van der Waals surface area contributed by atoms with Gasteiger partial charge in [0.15, 0.2) is 5.78 Å². The van der Waals surface area contributed by atoms with E-state index in [2.05, 4.69) is 29.8 Å². The summed E-state index contributed by atoms with van der Waals surface area (Å²) < 4.78 is 14.1. The number of benzene rings is 1. The molecule has 2 rings (SSSR count). The van der Waals surface area contributed by atoms with Crippen molar-refractivity contribution in [2.24, 2.45) is 5.41 Å². The fraction of sp³-hybridized carbons (Fsp3) is 0.400. The van der Waals surface area contributed by atoms with E-state index in [0.717, 1.165) is 22.0 Å². The third-order valence-corrected chi connectivity index (χ3v) is 3.92. The van der Waals surface area contributed by atoms with E-state index < -0.39 is 0 Å². The number of halogens is 2. The minimum atomic E-state index is -0.241. The predicted molar refractivity (Wildman–Crippen MR) is 73.9 cm³/mol. The maximum Gasteiger partial charge on any atom is 0.156 e. The third kappa shape index (κ3) is 3.29. The van der Waals surface area contributed by atoms with E-state index in [9.17, 15) is 9.18 Å². The second-order valence-corrected chi connectivity index (χ2v) is 6.55. The second kappa shape index (κ2) is 4.96. The molecule has 96 valence electrons. The van der Waals surface area contributed by atoms with E-state index in [0.29, 0.717) is 12.8 Å². The first-order chi connectivity index (χ1) is 8.35.